The van der Waals surface area contributed by atoms with E-state index in [-0.39, 0.29) is 12.1 Å². The van der Waals surface area contributed by atoms with Crippen molar-refractivity contribution < 1.29 is 9.53 Å². The number of nitrogens with two attached hydrogens (primary N) is 1. The summed E-state index contributed by atoms with van der Waals surface area (Å²) in [5.41, 5.74) is 7.31. The highest BCUT2D eigenvalue weighted by Crippen LogP contribution is 2.11. The van der Waals surface area contributed by atoms with Crippen LogP contribution in [0.1, 0.15) is 18.4 Å². The molecule has 0 bridgehead atoms. The molecular formula is C13H19N3O2. The second-order valence-electron chi connectivity index (χ2n) is 4.37. The van der Waals surface area contributed by atoms with E-state index in [9.17, 15) is 4.79 Å². The fourth-order valence-electron chi connectivity index (χ4n) is 1.91. The minimum absolute atomic E-state index is 0.162. The Morgan fingerprint density at radius 2 is 2.17 bits per heavy atom. The third-order valence-corrected chi connectivity index (χ3v) is 2.96. The lowest BCUT2D eigenvalue weighted by molar-refractivity contribution is 0.112. The number of urea groups is 1. The van der Waals surface area contributed by atoms with Crippen LogP contribution in [-0.4, -0.2) is 25.3 Å². The highest BCUT2D eigenvalue weighted by atomic mass is 16.5. The van der Waals surface area contributed by atoms with E-state index in [1.807, 2.05) is 24.3 Å². The Morgan fingerprint density at radius 3 is 2.78 bits per heavy atom. The molecule has 18 heavy (non-hydrogen) atoms. The van der Waals surface area contributed by atoms with Crippen molar-refractivity contribution in [2.45, 2.75) is 25.5 Å². The molecule has 0 spiro atoms. The lowest BCUT2D eigenvalue weighted by Gasteiger charge is -2.11. The molecule has 1 heterocycles. The van der Waals surface area contributed by atoms with E-state index >= 15 is 0 Å². The van der Waals surface area contributed by atoms with Crippen molar-refractivity contribution in [1.29, 1.82) is 0 Å². The van der Waals surface area contributed by atoms with Crippen LogP contribution < -0.4 is 16.4 Å². The smallest absolute Gasteiger partial charge is 0.319 e. The first-order valence-electron chi connectivity index (χ1n) is 6.23. The molecule has 4 N–H and O–H groups in total. The number of hydrogen-bond acceptors (Lipinski definition) is 3. The van der Waals surface area contributed by atoms with Crippen LogP contribution in [0.3, 0.4) is 0 Å². The Balaban J connectivity index is 1.75. The van der Waals surface area contributed by atoms with Gasteiger partial charge in [0.2, 0.25) is 0 Å². The molecule has 98 valence electrons. The van der Waals surface area contributed by atoms with E-state index in [2.05, 4.69) is 10.6 Å². The average molecular weight is 249 g/mol. The van der Waals surface area contributed by atoms with Crippen LogP contribution in [0.5, 0.6) is 0 Å². The molecule has 0 saturated carbocycles. The number of nitrogens with one attached hydrogen (secondary N) is 2. The van der Waals surface area contributed by atoms with E-state index in [1.165, 1.54) is 0 Å². The maximum Gasteiger partial charge on any atom is 0.319 e. The summed E-state index contributed by atoms with van der Waals surface area (Å²) in [7, 11) is 0. The number of anilines is 1. The Morgan fingerprint density at radius 1 is 1.39 bits per heavy atom. The maximum absolute atomic E-state index is 11.6. The summed E-state index contributed by atoms with van der Waals surface area (Å²) >= 11 is 0. The number of amides is 2. The van der Waals surface area contributed by atoms with Crippen molar-refractivity contribution in [2.24, 2.45) is 5.73 Å². The lowest BCUT2D eigenvalue weighted by Crippen LogP contribution is -2.35. The van der Waals surface area contributed by atoms with Crippen molar-refractivity contribution >= 4 is 11.7 Å². The maximum atomic E-state index is 11.6. The molecule has 2 amide bonds. The monoisotopic (exact) mass is 249 g/mol. The number of carbonyl (C=O) groups excluding carboxylic acids is 1. The van der Waals surface area contributed by atoms with Crippen LogP contribution >= 0.6 is 0 Å². The van der Waals surface area contributed by atoms with Gasteiger partial charge in [0, 0.05) is 25.4 Å². The zero-order chi connectivity index (χ0) is 12.8. The van der Waals surface area contributed by atoms with Crippen LogP contribution in [0.4, 0.5) is 10.5 Å². The van der Waals surface area contributed by atoms with Gasteiger partial charge in [-0.25, -0.2) is 4.79 Å². The van der Waals surface area contributed by atoms with E-state index < -0.39 is 0 Å². The van der Waals surface area contributed by atoms with Crippen molar-refractivity contribution in [3.8, 4) is 0 Å². The van der Waals surface area contributed by atoms with Gasteiger partial charge in [0.25, 0.3) is 0 Å². The van der Waals surface area contributed by atoms with Crippen LogP contribution in [-0.2, 0) is 11.3 Å². The SMILES string of the molecule is NCc1ccc(NC(=O)NCC2CCCO2)cc1. The Kier molecular flexibility index (Phi) is 4.55. The van der Waals surface area contributed by atoms with Gasteiger partial charge in [0.1, 0.15) is 0 Å². The lowest BCUT2D eigenvalue weighted by atomic mass is 10.2. The van der Waals surface area contributed by atoms with E-state index in [0.717, 1.165) is 30.7 Å². The van der Waals surface area contributed by atoms with E-state index in [1.54, 1.807) is 0 Å². The summed E-state index contributed by atoms with van der Waals surface area (Å²) < 4.78 is 5.43. The molecule has 1 fully saturated rings. The van der Waals surface area contributed by atoms with Crippen LogP contribution in [0, 0.1) is 0 Å². The van der Waals surface area contributed by atoms with Gasteiger partial charge < -0.3 is 21.1 Å². The second kappa shape index (κ2) is 6.37. The minimum Gasteiger partial charge on any atom is -0.376 e. The molecule has 0 radical (unpaired) electrons. The second-order valence-corrected chi connectivity index (χ2v) is 4.37. The van der Waals surface area contributed by atoms with Crippen LogP contribution in [0.2, 0.25) is 0 Å². The molecule has 2 rings (SSSR count). The fraction of sp³-hybridized carbons (Fsp3) is 0.462. The number of carbonyl (C=O) groups is 1. The minimum atomic E-state index is -0.203. The summed E-state index contributed by atoms with van der Waals surface area (Å²) in [6.07, 6.45) is 2.26. The van der Waals surface area contributed by atoms with E-state index in [4.69, 9.17) is 10.5 Å². The van der Waals surface area contributed by atoms with E-state index in [0.29, 0.717) is 13.1 Å². The zero-order valence-electron chi connectivity index (χ0n) is 10.3. The van der Waals surface area contributed by atoms with Gasteiger partial charge in [-0.15, -0.1) is 0 Å². The quantitative estimate of drug-likeness (QED) is 0.755. The summed E-state index contributed by atoms with van der Waals surface area (Å²) in [4.78, 5) is 11.6. The zero-order valence-corrected chi connectivity index (χ0v) is 10.3. The molecule has 0 aromatic heterocycles. The summed E-state index contributed by atoms with van der Waals surface area (Å²) in [5, 5.41) is 5.57. The number of ether oxygens (including phenoxy) is 1. The normalized spacial score (nSPS) is 18.6. The summed E-state index contributed by atoms with van der Waals surface area (Å²) in [5.74, 6) is 0. The molecule has 1 aromatic carbocycles. The standard InChI is InChI=1S/C13H19N3O2/c14-8-10-3-5-11(6-4-10)16-13(17)15-9-12-2-1-7-18-12/h3-6,12H,1-2,7-9,14H2,(H2,15,16,17). The Bertz CT molecular complexity index is 386. The van der Waals surface area contributed by atoms with Crippen molar-refractivity contribution in [3.05, 3.63) is 29.8 Å². The first-order chi connectivity index (χ1) is 8.78. The van der Waals surface area contributed by atoms with Crippen molar-refractivity contribution in [3.63, 3.8) is 0 Å². The average Bonchev–Trinajstić information content (AvgIpc) is 2.90. The Labute approximate surface area is 107 Å². The predicted molar refractivity (Wildman–Crippen MR) is 70.3 cm³/mol. The molecule has 1 saturated heterocycles. The van der Waals surface area contributed by atoms with Gasteiger partial charge in [-0.05, 0) is 30.5 Å². The first kappa shape index (κ1) is 12.9. The largest absolute Gasteiger partial charge is 0.376 e. The number of rotatable bonds is 4. The first-order valence-corrected chi connectivity index (χ1v) is 6.23. The molecule has 0 aliphatic carbocycles. The Hall–Kier alpha value is -1.59. The summed E-state index contributed by atoms with van der Waals surface area (Å²) in [6.45, 7) is 1.87. The van der Waals surface area contributed by atoms with Crippen LogP contribution in [0.15, 0.2) is 24.3 Å². The number of hydrogen-bond donors (Lipinski definition) is 3. The van der Waals surface area contributed by atoms with Gasteiger partial charge in [-0.1, -0.05) is 12.1 Å². The third kappa shape index (κ3) is 3.72. The third-order valence-electron chi connectivity index (χ3n) is 2.96. The van der Waals surface area contributed by atoms with Gasteiger partial charge >= 0.3 is 6.03 Å². The highest BCUT2D eigenvalue weighted by molar-refractivity contribution is 5.89. The molecule has 5 heteroatoms. The molecule has 1 atom stereocenters. The van der Waals surface area contributed by atoms with Crippen molar-refractivity contribution in [1.82, 2.24) is 5.32 Å². The topological polar surface area (TPSA) is 76.4 Å². The fourth-order valence-corrected chi connectivity index (χ4v) is 1.91. The highest BCUT2D eigenvalue weighted by Gasteiger charge is 2.15. The molecule has 1 aliphatic rings. The molecule has 1 aromatic rings. The predicted octanol–water partition coefficient (Wildman–Crippen LogP) is 1.45. The number of benzene rings is 1. The van der Waals surface area contributed by atoms with Crippen molar-refractivity contribution in [2.75, 3.05) is 18.5 Å². The van der Waals surface area contributed by atoms with Gasteiger partial charge in [0.05, 0.1) is 6.10 Å². The molecule has 5 nitrogen and oxygen atoms in total. The molecule has 1 unspecified atom stereocenters. The molecular weight excluding hydrogens is 230 g/mol. The van der Waals surface area contributed by atoms with Gasteiger partial charge in [0.15, 0.2) is 0 Å². The van der Waals surface area contributed by atoms with Crippen LogP contribution in [0.25, 0.3) is 0 Å². The van der Waals surface area contributed by atoms with Gasteiger partial charge in [-0.2, -0.15) is 0 Å². The summed E-state index contributed by atoms with van der Waals surface area (Å²) in [6, 6.07) is 7.28. The van der Waals surface area contributed by atoms with Gasteiger partial charge in [-0.3, -0.25) is 0 Å². The molecule has 1 aliphatic heterocycles.